The maximum absolute atomic E-state index is 11.0. The van der Waals surface area contributed by atoms with Crippen molar-refractivity contribution in [2.75, 3.05) is 13.7 Å². The zero-order valence-electron chi connectivity index (χ0n) is 9.91. The van der Waals surface area contributed by atoms with Gasteiger partial charge in [-0.25, -0.2) is 0 Å². The third kappa shape index (κ3) is 3.39. The lowest BCUT2D eigenvalue weighted by molar-refractivity contribution is -0.181. The molecule has 17 heavy (non-hydrogen) atoms. The fraction of sp³-hybridized carbons (Fsp3) is 0.800. The Balaban J connectivity index is 2.82. The highest BCUT2D eigenvalue weighted by Gasteiger charge is 2.49. The van der Waals surface area contributed by atoms with Crippen molar-refractivity contribution in [3.63, 3.8) is 0 Å². The monoisotopic (exact) mass is 248 g/mol. The number of ether oxygens (including phenoxy) is 4. The van der Waals surface area contributed by atoms with Gasteiger partial charge in [-0.15, -0.1) is 0 Å². The van der Waals surface area contributed by atoms with E-state index in [4.69, 9.17) is 24.1 Å². The van der Waals surface area contributed by atoms with E-state index in [-0.39, 0.29) is 6.61 Å². The zero-order chi connectivity index (χ0) is 13.0. The predicted molar refractivity (Wildman–Crippen MR) is 53.9 cm³/mol. The van der Waals surface area contributed by atoms with Crippen molar-refractivity contribution < 1.29 is 33.6 Å². The van der Waals surface area contributed by atoms with Crippen LogP contribution in [0.5, 0.6) is 0 Å². The molecule has 1 heterocycles. The van der Waals surface area contributed by atoms with E-state index < -0.39 is 36.5 Å². The lowest BCUT2D eigenvalue weighted by Crippen LogP contribution is -2.41. The Hall–Kier alpha value is -1.18. The summed E-state index contributed by atoms with van der Waals surface area (Å²) in [6.45, 7) is 2.08. The summed E-state index contributed by atoms with van der Waals surface area (Å²) in [7, 11) is 1.37. The number of aliphatic hydroxyl groups is 1. The number of carbonyl (C=O) groups excluding carboxylic acids is 2. The predicted octanol–water partition coefficient (Wildman–Crippen LogP) is -0.787. The van der Waals surface area contributed by atoms with Crippen molar-refractivity contribution in [2.45, 2.75) is 38.4 Å². The van der Waals surface area contributed by atoms with Gasteiger partial charge in [0.05, 0.1) is 6.61 Å². The Morgan fingerprint density at radius 2 is 1.71 bits per heavy atom. The van der Waals surface area contributed by atoms with Crippen molar-refractivity contribution in [3.8, 4) is 0 Å². The Morgan fingerprint density at radius 3 is 2.12 bits per heavy atom. The molecule has 0 aromatic heterocycles. The summed E-state index contributed by atoms with van der Waals surface area (Å²) in [5.41, 5.74) is 0. The largest absolute Gasteiger partial charge is 0.455 e. The van der Waals surface area contributed by atoms with E-state index in [1.807, 2.05) is 0 Å². The second-order valence-corrected chi connectivity index (χ2v) is 3.61. The first-order chi connectivity index (χ1) is 7.99. The Bertz CT molecular complexity index is 262. The van der Waals surface area contributed by atoms with Crippen LogP contribution in [0.3, 0.4) is 0 Å². The van der Waals surface area contributed by atoms with E-state index in [2.05, 4.69) is 0 Å². The molecule has 0 saturated carbocycles. The highest BCUT2D eigenvalue weighted by molar-refractivity contribution is 5.67. The van der Waals surface area contributed by atoms with Crippen LogP contribution in [-0.4, -0.2) is 55.4 Å². The van der Waals surface area contributed by atoms with E-state index in [1.54, 1.807) is 0 Å². The smallest absolute Gasteiger partial charge is 0.303 e. The van der Waals surface area contributed by atoms with Gasteiger partial charge in [-0.1, -0.05) is 0 Å². The third-order valence-electron chi connectivity index (χ3n) is 2.28. The number of rotatable bonds is 4. The highest BCUT2D eigenvalue weighted by Crippen LogP contribution is 2.27. The van der Waals surface area contributed by atoms with Gasteiger partial charge in [0.2, 0.25) is 0 Å². The fourth-order valence-electron chi connectivity index (χ4n) is 1.68. The standard InChI is InChI=1S/C10H16O7/c1-5(12)15-8-7(4-11)17-10(14-3)9(8)16-6(2)13/h7-11H,4H2,1-3H3/t7-,8-,9+,10-/m1/s1. The lowest BCUT2D eigenvalue weighted by Gasteiger charge is -2.22. The molecule has 0 aromatic carbocycles. The highest BCUT2D eigenvalue weighted by atomic mass is 16.7. The molecule has 7 heteroatoms. The molecule has 0 radical (unpaired) electrons. The van der Waals surface area contributed by atoms with Crippen LogP contribution >= 0.6 is 0 Å². The molecular weight excluding hydrogens is 232 g/mol. The van der Waals surface area contributed by atoms with E-state index in [9.17, 15) is 9.59 Å². The number of hydrogen-bond acceptors (Lipinski definition) is 7. The minimum Gasteiger partial charge on any atom is -0.455 e. The number of esters is 2. The minimum absolute atomic E-state index is 0.366. The van der Waals surface area contributed by atoms with Crippen molar-refractivity contribution in [3.05, 3.63) is 0 Å². The van der Waals surface area contributed by atoms with Crippen LogP contribution in [-0.2, 0) is 28.5 Å². The number of carbonyl (C=O) groups is 2. The van der Waals surface area contributed by atoms with Gasteiger partial charge in [0.1, 0.15) is 6.10 Å². The minimum atomic E-state index is -0.876. The van der Waals surface area contributed by atoms with Gasteiger partial charge in [0.15, 0.2) is 18.5 Å². The van der Waals surface area contributed by atoms with Crippen molar-refractivity contribution in [2.24, 2.45) is 0 Å². The first-order valence-corrected chi connectivity index (χ1v) is 5.13. The molecule has 0 aromatic rings. The Kier molecular flexibility index (Phi) is 4.86. The molecule has 1 aliphatic heterocycles. The lowest BCUT2D eigenvalue weighted by atomic mass is 10.1. The van der Waals surface area contributed by atoms with Crippen LogP contribution in [0.15, 0.2) is 0 Å². The van der Waals surface area contributed by atoms with Crippen molar-refractivity contribution in [1.82, 2.24) is 0 Å². The van der Waals surface area contributed by atoms with Crippen LogP contribution in [0.4, 0.5) is 0 Å². The molecule has 0 amide bonds. The fourth-order valence-corrected chi connectivity index (χ4v) is 1.68. The van der Waals surface area contributed by atoms with Gasteiger partial charge >= 0.3 is 11.9 Å². The van der Waals surface area contributed by atoms with Gasteiger partial charge < -0.3 is 24.1 Å². The zero-order valence-corrected chi connectivity index (χ0v) is 9.91. The number of hydrogen-bond donors (Lipinski definition) is 1. The molecular formula is C10H16O7. The van der Waals surface area contributed by atoms with Crippen LogP contribution in [0.25, 0.3) is 0 Å². The van der Waals surface area contributed by atoms with Gasteiger partial charge in [0.25, 0.3) is 0 Å². The average molecular weight is 248 g/mol. The average Bonchev–Trinajstić information content (AvgIpc) is 2.55. The second kappa shape index (κ2) is 5.95. The van der Waals surface area contributed by atoms with Crippen molar-refractivity contribution >= 4 is 11.9 Å². The maximum atomic E-state index is 11.0. The molecule has 1 N–H and O–H groups in total. The summed E-state index contributed by atoms with van der Waals surface area (Å²) in [4.78, 5) is 21.9. The summed E-state index contributed by atoms with van der Waals surface area (Å²) >= 11 is 0. The van der Waals surface area contributed by atoms with Gasteiger partial charge in [-0.2, -0.15) is 0 Å². The van der Waals surface area contributed by atoms with E-state index in [1.165, 1.54) is 21.0 Å². The van der Waals surface area contributed by atoms with Crippen LogP contribution in [0.2, 0.25) is 0 Å². The molecule has 98 valence electrons. The Labute approximate surface area is 98.6 Å². The van der Waals surface area contributed by atoms with Crippen LogP contribution in [0, 0.1) is 0 Å². The quantitative estimate of drug-likeness (QED) is 0.652. The van der Waals surface area contributed by atoms with Crippen LogP contribution in [0.1, 0.15) is 13.8 Å². The number of aliphatic hydroxyl groups excluding tert-OH is 1. The molecule has 1 fully saturated rings. The van der Waals surface area contributed by atoms with E-state index in [0.29, 0.717) is 0 Å². The second-order valence-electron chi connectivity index (χ2n) is 3.61. The molecule has 1 aliphatic rings. The molecule has 0 aliphatic carbocycles. The maximum Gasteiger partial charge on any atom is 0.303 e. The summed E-state index contributed by atoms with van der Waals surface area (Å²) in [6.07, 6.45) is -3.38. The molecule has 1 rings (SSSR count). The summed E-state index contributed by atoms with van der Waals surface area (Å²) in [6, 6.07) is 0. The van der Waals surface area contributed by atoms with E-state index in [0.717, 1.165) is 0 Å². The van der Waals surface area contributed by atoms with Crippen LogP contribution < -0.4 is 0 Å². The first kappa shape index (κ1) is 13.9. The number of methoxy groups -OCH3 is 1. The normalized spacial score (nSPS) is 32.2. The summed E-state index contributed by atoms with van der Waals surface area (Å²) in [5, 5.41) is 9.10. The topological polar surface area (TPSA) is 91.3 Å². The molecule has 0 unspecified atom stereocenters. The molecule has 1 saturated heterocycles. The molecule has 4 atom stereocenters. The third-order valence-corrected chi connectivity index (χ3v) is 2.28. The molecule has 0 bridgehead atoms. The summed E-state index contributed by atoms with van der Waals surface area (Å²) < 4.78 is 20.2. The van der Waals surface area contributed by atoms with Crippen molar-refractivity contribution in [1.29, 1.82) is 0 Å². The summed E-state index contributed by atoms with van der Waals surface area (Å²) in [5.74, 6) is -1.10. The van der Waals surface area contributed by atoms with E-state index >= 15 is 0 Å². The van der Waals surface area contributed by atoms with Gasteiger partial charge in [0, 0.05) is 21.0 Å². The Morgan fingerprint density at radius 1 is 1.18 bits per heavy atom. The molecule has 0 spiro atoms. The first-order valence-electron chi connectivity index (χ1n) is 5.13. The molecule has 7 nitrogen and oxygen atoms in total. The van der Waals surface area contributed by atoms with Gasteiger partial charge in [-0.05, 0) is 0 Å². The van der Waals surface area contributed by atoms with Gasteiger partial charge in [-0.3, -0.25) is 9.59 Å². The SMILES string of the molecule is CO[C@@H]1O[C@H](CO)[C@@H](OC(C)=O)[C@@H]1OC(C)=O.